The van der Waals surface area contributed by atoms with Crippen LogP contribution in [0.2, 0.25) is 0 Å². The zero-order valence-corrected chi connectivity index (χ0v) is 12.7. The summed E-state index contributed by atoms with van der Waals surface area (Å²) in [5, 5.41) is 3.78. The molecule has 2 rings (SSSR count). The van der Waals surface area contributed by atoms with Gasteiger partial charge in [0.05, 0.1) is 13.2 Å². The SMILES string of the molecule is CCCCC(CC)CNC1CCC2(CC1)OCCO2. The Kier molecular flexibility index (Phi) is 6.11. The largest absolute Gasteiger partial charge is 0.348 e. The van der Waals surface area contributed by atoms with Crippen molar-refractivity contribution in [2.75, 3.05) is 19.8 Å². The van der Waals surface area contributed by atoms with Crippen LogP contribution in [0.3, 0.4) is 0 Å². The third kappa shape index (κ3) is 4.44. The van der Waals surface area contributed by atoms with Crippen molar-refractivity contribution in [3.05, 3.63) is 0 Å². The lowest BCUT2D eigenvalue weighted by molar-refractivity contribution is -0.179. The second-order valence-electron chi connectivity index (χ2n) is 6.21. The van der Waals surface area contributed by atoms with Gasteiger partial charge < -0.3 is 14.8 Å². The van der Waals surface area contributed by atoms with Gasteiger partial charge in [-0.2, -0.15) is 0 Å². The lowest BCUT2D eigenvalue weighted by Gasteiger charge is -2.36. The monoisotopic (exact) mass is 269 g/mol. The highest BCUT2D eigenvalue weighted by molar-refractivity contribution is 4.85. The molecule has 1 unspecified atom stereocenters. The fourth-order valence-electron chi connectivity index (χ4n) is 3.32. The van der Waals surface area contributed by atoms with E-state index in [9.17, 15) is 0 Å². The molecule has 0 radical (unpaired) electrons. The van der Waals surface area contributed by atoms with E-state index in [1.807, 2.05) is 0 Å². The Bertz CT molecular complexity index is 241. The lowest BCUT2D eigenvalue weighted by Crippen LogP contribution is -2.43. The van der Waals surface area contributed by atoms with Gasteiger partial charge in [-0.05, 0) is 31.7 Å². The van der Waals surface area contributed by atoms with E-state index in [4.69, 9.17) is 9.47 Å². The van der Waals surface area contributed by atoms with E-state index >= 15 is 0 Å². The predicted molar refractivity (Wildman–Crippen MR) is 78.2 cm³/mol. The Morgan fingerprint density at radius 2 is 1.84 bits per heavy atom. The summed E-state index contributed by atoms with van der Waals surface area (Å²) in [5.74, 6) is 0.652. The van der Waals surface area contributed by atoms with Crippen LogP contribution in [0.15, 0.2) is 0 Å². The van der Waals surface area contributed by atoms with E-state index in [-0.39, 0.29) is 5.79 Å². The van der Waals surface area contributed by atoms with Gasteiger partial charge in [-0.15, -0.1) is 0 Å². The molecule has 0 amide bonds. The molecule has 0 aromatic rings. The van der Waals surface area contributed by atoms with Crippen LogP contribution in [-0.2, 0) is 9.47 Å². The number of rotatable bonds is 7. The van der Waals surface area contributed by atoms with Gasteiger partial charge >= 0.3 is 0 Å². The Morgan fingerprint density at radius 1 is 1.16 bits per heavy atom. The first kappa shape index (κ1) is 15.3. The normalized spacial score (nSPS) is 24.9. The highest BCUT2D eigenvalue weighted by Gasteiger charge is 2.40. The summed E-state index contributed by atoms with van der Waals surface area (Å²) in [6.45, 7) is 7.36. The van der Waals surface area contributed by atoms with Crippen molar-refractivity contribution in [2.24, 2.45) is 5.92 Å². The van der Waals surface area contributed by atoms with Crippen molar-refractivity contribution in [1.82, 2.24) is 5.32 Å². The number of hydrogen-bond donors (Lipinski definition) is 1. The Balaban J connectivity index is 1.64. The first-order chi connectivity index (χ1) is 9.28. The number of ether oxygens (including phenoxy) is 2. The summed E-state index contributed by atoms with van der Waals surface area (Å²) < 4.78 is 11.6. The fourth-order valence-corrected chi connectivity index (χ4v) is 3.32. The first-order valence-corrected chi connectivity index (χ1v) is 8.29. The molecule has 1 heterocycles. The molecular weight excluding hydrogens is 238 g/mol. The van der Waals surface area contributed by atoms with Gasteiger partial charge in [-0.3, -0.25) is 0 Å². The third-order valence-corrected chi connectivity index (χ3v) is 4.80. The summed E-state index contributed by atoms with van der Waals surface area (Å²) in [6.07, 6.45) is 9.90. The molecule has 2 aliphatic rings. The summed E-state index contributed by atoms with van der Waals surface area (Å²) in [4.78, 5) is 0. The van der Waals surface area contributed by atoms with Crippen LogP contribution < -0.4 is 5.32 Å². The molecule has 1 aliphatic heterocycles. The van der Waals surface area contributed by atoms with Crippen molar-refractivity contribution >= 4 is 0 Å². The van der Waals surface area contributed by atoms with Crippen molar-refractivity contribution in [3.63, 3.8) is 0 Å². The van der Waals surface area contributed by atoms with Crippen LogP contribution in [0.1, 0.15) is 65.2 Å². The summed E-state index contributed by atoms with van der Waals surface area (Å²) in [6, 6.07) is 0.675. The van der Waals surface area contributed by atoms with Crippen LogP contribution in [0.25, 0.3) is 0 Å². The van der Waals surface area contributed by atoms with E-state index in [1.165, 1.54) is 45.1 Å². The Morgan fingerprint density at radius 3 is 2.42 bits per heavy atom. The minimum Gasteiger partial charge on any atom is -0.348 e. The minimum atomic E-state index is -0.204. The van der Waals surface area contributed by atoms with Gasteiger partial charge in [0.2, 0.25) is 0 Å². The highest BCUT2D eigenvalue weighted by Crippen LogP contribution is 2.35. The van der Waals surface area contributed by atoms with Crippen molar-refractivity contribution < 1.29 is 9.47 Å². The second-order valence-corrected chi connectivity index (χ2v) is 6.21. The van der Waals surface area contributed by atoms with Crippen molar-refractivity contribution in [1.29, 1.82) is 0 Å². The molecule has 1 aliphatic carbocycles. The van der Waals surface area contributed by atoms with Crippen molar-refractivity contribution in [3.8, 4) is 0 Å². The molecule has 1 saturated carbocycles. The Labute approximate surface area is 118 Å². The fraction of sp³-hybridized carbons (Fsp3) is 1.00. The van der Waals surface area contributed by atoms with Crippen LogP contribution in [0.4, 0.5) is 0 Å². The zero-order valence-electron chi connectivity index (χ0n) is 12.7. The van der Waals surface area contributed by atoms with Gasteiger partial charge in [0.15, 0.2) is 5.79 Å². The number of unbranched alkanes of at least 4 members (excludes halogenated alkanes) is 1. The molecule has 1 spiro atoms. The van der Waals surface area contributed by atoms with Crippen molar-refractivity contribution in [2.45, 2.75) is 77.0 Å². The molecule has 0 aromatic carbocycles. The van der Waals surface area contributed by atoms with E-state index in [0.29, 0.717) is 6.04 Å². The van der Waals surface area contributed by atoms with Crippen LogP contribution in [0, 0.1) is 5.92 Å². The smallest absolute Gasteiger partial charge is 0.168 e. The summed E-state index contributed by atoms with van der Waals surface area (Å²) >= 11 is 0. The molecule has 112 valence electrons. The van der Waals surface area contributed by atoms with Gasteiger partial charge in [0.1, 0.15) is 0 Å². The molecule has 1 atom stereocenters. The first-order valence-electron chi connectivity index (χ1n) is 8.29. The van der Waals surface area contributed by atoms with Crippen LogP contribution >= 0.6 is 0 Å². The minimum absolute atomic E-state index is 0.204. The van der Waals surface area contributed by atoms with Gasteiger partial charge in [0.25, 0.3) is 0 Å². The molecule has 0 bridgehead atoms. The van der Waals surface area contributed by atoms with Gasteiger partial charge in [0, 0.05) is 18.9 Å². The zero-order chi connectivity index (χ0) is 13.6. The predicted octanol–water partition coefficient (Wildman–Crippen LogP) is 3.48. The molecule has 19 heavy (non-hydrogen) atoms. The number of hydrogen-bond acceptors (Lipinski definition) is 3. The van der Waals surface area contributed by atoms with Crippen LogP contribution in [0.5, 0.6) is 0 Å². The second kappa shape index (κ2) is 7.61. The molecule has 1 saturated heterocycles. The van der Waals surface area contributed by atoms with Crippen LogP contribution in [-0.4, -0.2) is 31.6 Å². The topological polar surface area (TPSA) is 30.5 Å². The number of nitrogens with one attached hydrogen (secondary N) is 1. The van der Waals surface area contributed by atoms with E-state index in [2.05, 4.69) is 19.2 Å². The molecule has 0 aromatic heterocycles. The molecule has 1 N–H and O–H groups in total. The maximum Gasteiger partial charge on any atom is 0.168 e. The Hall–Kier alpha value is -0.120. The molecule has 2 fully saturated rings. The van der Waals surface area contributed by atoms with E-state index in [0.717, 1.165) is 32.0 Å². The maximum atomic E-state index is 5.78. The average molecular weight is 269 g/mol. The third-order valence-electron chi connectivity index (χ3n) is 4.80. The highest BCUT2D eigenvalue weighted by atomic mass is 16.7. The molecule has 3 nitrogen and oxygen atoms in total. The van der Waals surface area contributed by atoms with E-state index < -0.39 is 0 Å². The maximum absolute atomic E-state index is 5.78. The average Bonchev–Trinajstić information content (AvgIpc) is 2.89. The van der Waals surface area contributed by atoms with E-state index in [1.54, 1.807) is 0 Å². The summed E-state index contributed by atoms with van der Waals surface area (Å²) in [7, 11) is 0. The van der Waals surface area contributed by atoms with Gasteiger partial charge in [-0.25, -0.2) is 0 Å². The standard InChI is InChI=1S/C16H31NO2/c1-3-5-6-14(4-2)13-17-15-7-9-16(10-8-15)18-11-12-19-16/h14-15,17H,3-13H2,1-2H3. The summed E-state index contributed by atoms with van der Waals surface area (Å²) in [5.41, 5.74) is 0. The van der Waals surface area contributed by atoms with Gasteiger partial charge in [-0.1, -0.05) is 33.1 Å². The molecule has 3 heteroatoms. The quantitative estimate of drug-likeness (QED) is 0.767. The molecular formula is C16H31NO2. The lowest BCUT2D eigenvalue weighted by atomic mass is 9.89.